The summed E-state index contributed by atoms with van der Waals surface area (Å²) < 4.78 is 10.7. The molecule has 1 rings (SSSR count). The Labute approximate surface area is 114 Å². The van der Waals surface area contributed by atoms with Gasteiger partial charge in [0.25, 0.3) is 0 Å². The molecule has 18 heavy (non-hydrogen) atoms. The first-order chi connectivity index (χ1) is 8.77. The van der Waals surface area contributed by atoms with Crippen LogP contribution in [0.4, 0.5) is 0 Å². The molecule has 0 saturated heterocycles. The lowest BCUT2D eigenvalue weighted by atomic mass is 10.2. The first kappa shape index (κ1) is 15.3. The maximum atomic E-state index is 6.12. The Balaban J connectivity index is 2.28. The van der Waals surface area contributed by atoms with Crippen LogP contribution < -0.4 is 10.1 Å². The highest BCUT2D eigenvalue weighted by Gasteiger charge is 2.02. The van der Waals surface area contributed by atoms with E-state index < -0.39 is 0 Å². The van der Waals surface area contributed by atoms with Crippen molar-refractivity contribution < 1.29 is 9.47 Å². The lowest BCUT2D eigenvalue weighted by Crippen LogP contribution is -2.16. The van der Waals surface area contributed by atoms with Gasteiger partial charge in [-0.05, 0) is 44.5 Å². The summed E-state index contributed by atoms with van der Waals surface area (Å²) in [6.07, 6.45) is 1.03. The molecule has 0 aliphatic carbocycles. The molecular formula is C14H22ClNO2. The van der Waals surface area contributed by atoms with Crippen molar-refractivity contribution in [3.63, 3.8) is 0 Å². The Morgan fingerprint density at radius 3 is 2.72 bits per heavy atom. The van der Waals surface area contributed by atoms with Gasteiger partial charge in [-0.25, -0.2) is 0 Å². The normalized spacial score (nSPS) is 10.6. The molecule has 0 amide bonds. The minimum atomic E-state index is 0.634. The van der Waals surface area contributed by atoms with Gasteiger partial charge in [0.15, 0.2) is 0 Å². The zero-order chi connectivity index (χ0) is 13.2. The molecule has 102 valence electrons. The fourth-order valence-electron chi connectivity index (χ4n) is 1.60. The average Bonchev–Trinajstić information content (AvgIpc) is 2.37. The molecule has 0 atom stereocenters. The molecule has 0 radical (unpaired) electrons. The Hall–Kier alpha value is -0.770. The second kappa shape index (κ2) is 9.20. The van der Waals surface area contributed by atoms with Crippen LogP contribution in [0.25, 0.3) is 0 Å². The number of nitrogens with one attached hydrogen (secondary N) is 1. The number of ether oxygens (including phenoxy) is 2. The molecular weight excluding hydrogens is 250 g/mol. The molecule has 4 heteroatoms. The number of halogens is 1. The van der Waals surface area contributed by atoms with E-state index in [1.165, 1.54) is 5.56 Å². The van der Waals surface area contributed by atoms with Gasteiger partial charge in [0.05, 0.1) is 11.6 Å². The highest BCUT2D eigenvalue weighted by molar-refractivity contribution is 6.32. The number of hydrogen-bond acceptors (Lipinski definition) is 3. The van der Waals surface area contributed by atoms with E-state index >= 15 is 0 Å². The summed E-state index contributed by atoms with van der Waals surface area (Å²) in [5.74, 6) is 0.749. The van der Waals surface area contributed by atoms with E-state index in [1.54, 1.807) is 0 Å². The minimum absolute atomic E-state index is 0.634. The lowest BCUT2D eigenvalue weighted by Gasteiger charge is -2.09. The first-order valence-electron chi connectivity index (χ1n) is 6.47. The minimum Gasteiger partial charge on any atom is -0.492 e. The van der Waals surface area contributed by atoms with Gasteiger partial charge in [-0.15, -0.1) is 0 Å². The van der Waals surface area contributed by atoms with E-state index in [-0.39, 0.29) is 0 Å². The fraction of sp³-hybridized carbons (Fsp3) is 0.571. The van der Waals surface area contributed by atoms with E-state index in [2.05, 4.69) is 5.32 Å². The summed E-state index contributed by atoms with van der Waals surface area (Å²) in [4.78, 5) is 0. The fourth-order valence-corrected chi connectivity index (χ4v) is 1.86. The van der Waals surface area contributed by atoms with Gasteiger partial charge >= 0.3 is 0 Å². The summed E-state index contributed by atoms with van der Waals surface area (Å²) in [6.45, 7) is 7.96. The zero-order valence-electron chi connectivity index (χ0n) is 11.2. The Morgan fingerprint density at radius 1 is 1.22 bits per heavy atom. The second-order valence-corrected chi connectivity index (χ2v) is 4.33. The third kappa shape index (κ3) is 5.71. The van der Waals surface area contributed by atoms with Gasteiger partial charge in [-0.3, -0.25) is 0 Å². The van der Waals surface area contributed by atoms with Crippen molar-refractivity contribution >= 4 is 11.6 Å². The molecule has 0 unspecified atom stereocenters. The van der Waals surface area contributed by atoms with Crippen molar-refractivity contribution in [1.82, 2.24) is 5.32 Å². The van der Waals surface area contributed by atoms with Gasteiger partial charge < -0.3 is 14.8 Å². The van der Waals surface area contributed by atoms with Crippen molar-refractivity contribution in [3.05, 3.63) is 28.8 Å². The maximum Gasteiger partial charge on any atom is 0.137 e. The van der Waals surface area contributed by atoms with Crippen LogP contribution in [-0.4, -0.2) is 26.4 Å². The molecule has 0 saturated carbocycles. The van der Waals surface area contributed by atoms with E-state index in [9.17, 15) is 0 Å². The summed E-state index contributed by atoms with van der Waals surface area (Å²) in [6, 6.07) is 5.90. The van der Waals surface area contributed by atoms with Crippen molar-refractivity contribution in [2.24, 2.45) is 0 Å². The van der Waals surface area contributed by atoms with Gasteiger partial charge in [0.1, 0.15) is 5.75 Å². The first-order valence-corrected chi connectivity index (χ1v) is 6.85. The maximum absolute atomic E-state index is 6.12. The van der Waals surface area contributed by atoms with Gasteiger partial charge in [0, 0.05) is 19.8 Å². The van der Waals surface area contributed by atoms with Crippen molar-refractivity contribution in [2.75, 3.05) is 26.4 Å². The lowest BCUT2D eigenvalue weighted by molar-refractivity contribution is 0.144. The van der Waals surface area contributed by atoms with E-state index in [0.29, 0.717) is 11.6 Å². The van der Waals surface area contributed by atoms with Crippen LogP contribution in [0.15, 0.2) is 18.2 Å². The predicted molar refractivity (Wildman–Crippen MR) is 75.4 cm³/mol. The SMILES string of the molecule is CCOCCCNCc1ccc(OCC)c(Cl)c1. The van der Waals surface area contributed by atoms with Gasteiger partial charge in [0.2, 0.25) is 0 Å². The standard InChI is InChI=1S/C14H22ClNO2/c1-3-17-9-5-8-16-11-12-6-7-14(18-4-2)13(15)10-12/h6-7,10,16H,3-5,8-9,11H2,1-2H3. The molecule has 1 aromatic carbocycles. The molecule has 0 aliphatic rings. The van der Waals surface area contributed by atoms with Crippen LogP contribution >= 0.6 is 11.6 Å². The summed E-state index contributed by atoms with van der Waals surface area (Å²) in [5, 5.41) is 4.03. The molecule has 0 heterocycles. The van der Waals surface area contributed by atoms with Crippen molar-refractivity contribution in [3.8, 4) is 5.75 Å². The van der Waals surface area contributed by atoms with Crippen LogP contribution in [0, 0.1) is 0 Å². The van der Waals surface area contributed by atoms with Crippen LogP contribution in [0.5, 0.6) is 5.75 Å². The number of hydrogen-bond donors (Lipinski definition) is 1. The zero-order valence-corrected chi connectivity index (χ0v) is 11.9. The van der Waals surface area contributed by atoms with E-state index in [0.717, 1.165) is 38.5 Å². The molecule has 1 N–H and O–H groups in total. The topological polar surface area (TPSA) is 30.5 Å². The van der Waals surface area contributed by atoms with Crippen molar-refractivity contribution in [2.45, 2.75) is 26.8 Å². The molecule has 0 aromatic heterocycles. The smallest absolute Gasteiger partial charge is 0.137 e. The van der Waals surface area contributed by atoms with E-state index in [4.69, 9.17) is 21.1 Å². The molecule has 0 bridgehead atoms. The highest BCUT2D eigenvalue weighted by atomic mass is 35.5. The highest BCUT2D eigenvalue weighted by Crippen LogP contribution is 2.25. The quantitative estimate of drug-likeness (QED) is 0.700. The molecule has 0 fully saturated rings. The molecule has 1 aromatic rings. The van der Waals surface area contributed by atoms with E-state index in [1.807, 2.05) is 32.0 Å². The third-order valence-electron chi connectivity index (χ3n) is 2.47. The molecule has 0 aliphatic heterocycles. The Morgan fingerprint density at radius 2 is 2.06 bits per heavy atom. The number of benzene rings is 1. The summed E-state index contributed by atoms with van der Waals surface area (Å²) in [7, 11) is 0. The van der Waals surface area contributed by atoms with Gasteiger partial charge in [-0.2, -0.15) is 0 Å². The average molecular weight is 272 g/mol. The summed E-state index contributed by atoms with van der Waals surface area (Å²) in [5.41, 5.74) is 1.17. The van der Waals surface area contributed by atoms with Crippen LogP contribution in [-0.2, 0) is 11.3 Å². The Kier molecular flexibility index (Phi) is 7.81. The molecule has 0 spiro atoms. The monoisotopic (exact) mass is 271 g/mol. The van der Waals surface area contributed by atoms with Crippen molar-refractivity contribution in [1.29, 1.82) is 0 Å². The third-order valence-corrected chi connectivity index (χ3v) is 2.77. The van der Waals surface area contributed by atoms with Crippen LogP contribution in [0.1, 0.15) is 25.8 Å². The Bertz CT molecular complexity index is 345. The predicted octanol–water partition coefficient (Wildman–Crippen LogP) is 3.25. The number of rotatable bonds is 9. The van der Waals surface area contributed by atoms with Crippen LogP contribution in [0.3, 0.4) is 0 Å². The largest absolute Gasteiger partial charge is 0.492 e. The van der Waals surface area contributed by atoms with Gasteiger partial charge in [-0.1, -0.05) is 17.7 Å². The van der Waals surface area contributed by atoms with Crippen LogP contribution in [0.2, 0.25) is 5.02 Å². The second-order valence-electron chi connectivity index (χ2n) is 3.93. The molecule has 3 nitrogen and oxygen atoms in total. The summed E-state index contributed by atoms with van der Waals surface area (Å²) >= 11 is 6.12.